The second kappa shape index (κ2) is 10.6. The van der Waals surface area contributed by atoms with Gasteiger partial charge >= 0.3 is 29.6 Å². The van der Waals surface area contributed by atoms with Gasteiger partial charge in [-0.15, -0.1) is 23.1 Å². The third-order valence-electron chi connectivity index (χ3n) is 4.11. The SMILES string of the molecule is CCON=C(C(=O)NC1C(=O)N2C(C(=O)[O-])=C(COC)CS[C@@H]12)c1csc(N)n1.[Na+]. The second-order valence-corrected chi connectivity index (χ2v) is 7.96. The minimum absolute atomic E-state index is 0. The van der Waals surface area contributed by atoms with Gasteiger partial charge in [0.25, 0.3) is 11.8 Å². The Morgan fingerprint density at radius 1 is 1.50 bits per heavy atom. The molecule has 1 saturated heterocycles. The molecule has 2 aliphatic heterocycles. The number of carboxylic acids is 1. The van der Waals surface area contributed by atoms with Crippen LogP contribution in [0.3, 0.4) is 0 Å². The smallest absolute Gasteiger partial charge is 0.543 e. The van der Waals surface area contributed by atoms with Gasteiger partial charge < -0.3 is 30.5 Å². The molecule has 1 aromatic rings. The van der Waals surface area contributed by atoms with E-state index in [1.165, 1.54) is 18.9 Å². The van der Waals surface area contributed by atoms with Crippen molar-refractivity contribution in [3.8, 4) is 0 Å². The first kappa shape index (κ1) is 24.6. The van der Waals surface area contributed by atoms with Crippen LogP contribution in [0.4, 0.5) is 5.13 Å². The molecule has 3 N–H and O–H groups in total. The van der Waals surface area contributed by atoms with E-state index in [2.05, 4.69) is 15.5 Å². The van der Waals surface area contributed by atoms with Crippen LogP contribution in [0, 0.1) is 0 Å². The quantitative estimate of drug-likeness (QED) is 0.168. The van der Waals surface area contributed by atoms with Crippen molar-refractivity contribution < 1.29 is 58.6 Å². The maximum Gasteiger partial charge on any atom is 1.00 e. The number of nitrogen functional groups attached to an aromatic ring is 1. The zero-order valence-electron chi connectivity index (χ0n) is 16.5. The third kappa shape index (κ3) is 4.81. The van der Waals surface area contributed by atoms with Crippen LogP contribution in [-0.4, -0.2) is 70.9 Å². The standard InChI is InChI=1S/C16H19N5O6S2.Na/c1-3-27-20-9(8-6-29-16(17)18-8)12(22)19-10-13(23)21-11(15(24)25)7(4-26-2)5-28-14(10)21;/h6,10,14H,3-5H2,1-2H3,(H2,17,18)(H,19,22)(H,24,25);/q;+1/p-1/t10?,14-;/m0./s1. The number of carbonyl (C=O) groups is 3. The molecule has 0 spiro atoms. The Hall–Kier alpha value is -1.64. The van der Waals surface area contributed by atoms with Gasteiger partial charge in [-0.25, -0.2) is 4.98 Å². The molecule has 3 rings (SSSR count). The number of carbonyl (C=O) groups excluding carboxylic acids is 3. The normalized spacial score (nSPS) is 20.8. The Morgan fingerprint density at radius 2 is 2.23 bits per heavy atom. The van der Waals surface area contributed by atoms with E-state index in [4.69, 9.17) is 15.3 Å². The molecule has 2 aliphatic rings. The average Bonchev–Trinajstić information content (AvgIpc) is 3.12. The van der Waals surface area contributed by atoms with E-state index in [0.29, 0.717) is 11.3 Å². The first-order chi connectivity index (χ1) is 13.9. The van der Waals surface area contributed by atoms with Gasteiger partial charge in [-0.1, -0.05) is 5.16 Å². The van der Waals surface area contributed by atoms with Crippen LogP contribution in [0.1, 0.15) is 12.6 Å². The van der Waals surface area contributed by atoms with E-state index in [1.807, 2.05) is 0 Å². The van der Waals surface area contributed by atoms with Gasteiger partial charge in [0.1, 0.15) is 23.7 Å². The topological polar surface area (TPSA) is 159 Å². The molecule has 0 bridgehead atoms. The molecule has 1 fully saturated rings. The minimum Gasteiger partial charge on any atom is -0.543 e. The maximum absolute atomic E-state index is 12.7. The third-order valence-corrected chi connectivity index (χ3v) is 6.12. The summed E-state index contributed by atoms with van der Waals surface area (Å²) >= 11 is 2.45. The van der Waals surface area contributed by atoms with Crippen molar-refractivity contribution in [3.63, 3.8) is 0 Å². The molecule has 30 heavy (non-hydrogen) atoms. The molecule has 11 nitrogen and oxygen atoms in total. The van der Waals surface area contributed by atoms with Crippen LogP contribution in [-0.2, 0) is 24.0 Å². The number of ether oxygens (including phenoxy) is 1. The van der Waals surface area contributed by atoms with Crippen molar-refractivity contribution in [2.75, 3.05) is 31.8 Å². The number of β-lactam (4-membered cyclic amide) rings is 1. The largest absolute Gasteiger partial charge is 1.00 e. The van der Waals surface area contributed by atoms with Gasteiger partial charge in [0.2, 0.25) is 0 Å². The molecule has 14 heteroatoms. The second-order valence-electron chi connectivity index (χ2n) is 5.96. The van der Waals surface area contributed by atoms with Gasteiger partial charge in [0.15, 0.2) is 10.8 Å². The Labute approximate surface area is 202 Å². The summed E-state index contributed by atoms with van der Waals surface area (Å²) in [5, 5.41) is 19.1. The Bertz CT molecular complexity index is 904. The molecule has 1 unspecified atom stereocenters. The van der Waals surface area contributed by atoms with Gasteiger partial charge in [-0.3, -0.25) is 14.5 Å². The number of anilines is 1. The first-order valence-electron chi connectivity index (χ1n) is 8.48. The van der Waals surface area contributed by atoms with Crippen LogP contribution >= 0.6 is 23.1 Å². The molecular formula is C16H18N5NaO6S2. The predicted molar refractivity (Wildman–Crippen MR) is 104 cm³/mol. The number of carboxylic acid groups (broad SMARTS) is 1. The number of aliphatic carboxylic acids is 1. The number of fused-ring (bicyclic) bond motifs is 1. The number of rotatable bonds is 8. The van der Waals surface area contributed by atoms with Crippen molar-refractivity contribution in [2.24, 2.45) is 5.16 Å². The van der Waals surface area contributed by atoms with E-state index in [9.17, 15) is 19.5 Å². The van der Waals surface area contributed by atoms with Gasteiger partial charge in [0, 0.05) is 18.2 Å². The van der Waals surface area contributed by atoms with E-state index >= 15 is 0 Å². The number of oxime groups is 1. The van der Waals surface area contributed by atoms with E-state index in [1.54, 1.807) is 12.3 Å². The van der Waals surface area contributed by atoms with Crippen molar-refractivity contribution in [1.29, 1.82) is 0 Å². The fourth-order valence-corrected chi connectivity index (χ4v) is 4.77. The van der Waals surface area contributed by atoms with Crippen molar-refractivity contribution in [1.82, 2.24) is 15.2 Å². The van der Waals surface area contributed by atoms with Crippen LogP contribution in [0.25, 0.3) is 0 Å². The summed E-state index contributed by atoms with van der Waals surface area (Å²) in [7, 11) is 1.43. The predicted octanol–water partition coefficient (Wildman–Crippen LogP) is -4.48. The fourth-order valence-electron chi connectivity index (χ4n) is 2.90. The molecule has 2 atom stereocenters. The number of amides is 2. The van der Waals surface area contributed by atoms with E-state index < -0.39 is 29.2 Å². The molecule has 2 amide bonds. The first-order valence-corrected chi connectivity index (χ1v) is 10.4. The molecular weight excluding hydrogens is 445 g/mol. The number of hydrogen-bond donors (Lipinski definition) is 2. The maximum atomic E-state index is 12.7. The number of hydrogen-bond acceptors (Lipinski definition) is 11. The summed E-state index contributed by atoms with van der Waals surface area (Å²) in [6.07, 6.45) is 0. The summed E-state index contributed by atoms with van der Waals surface area (Å²) in [4.78, 5) is 47.0. The number of thioether (sulfide) groups is 1. The molecule has 0 aliphatic carbocycles. The molecule has 0 aromatic carbocycles. The van der Waals surface area contributed by atoms with E-state index in [-0.39, 0.29) is 65.0 Å². The Kier molecular flexibility index (Phi) is 8.70. The number of nitrogens with two attached hydrogens (primary N) is 1. The zero-order chi connectivity index (χ0) is 21.1. The van der Waals surface area contributed by atoms with Gasteiger partial charge in [-0.05, 0) is 12.5 Å². The zero-order valence-corrected chi connectivity index (χ0v) is 20.2. The number of thiazole rings is 1. The van der Waals surface area contributed by atoms with Crippen LogP contribution in [0.15, 0.2) is 21.8 Å². The van der Waals surface area contributed by atoms with Crippen molar-refractivity contribution >= 4 is 51.7 Å². The summed E-state index contributed by atoms with van der Waals surface area (Å²) < 4.78 is 5.00. The van der Waals surface area contributed by atoms with Crippen molar-refractivity contribution in [3.05, 3.63) is 22.3 Å². The van der Waals surface area contributed by atoms with Gasteiger partial charge in [0.05, 0.1) is 18.3 Å². The van der Waals surface area contributed by atoms with E-state index in [0.717, 1.165) is 16.2 Å². The number of nitrogens with zero attached hydrogens (tertiary/aromatic N) is 3. The summed E-state index contributed by atoms with van der Waals surface area (Å²) in [5.41, 5.74) is 5.95. The number of aromatic nitrogens is 1. The molecule has 0 saturated carbocycles. The Morgan fingerprint density at radius 3 is 2.80 bits per heavy atom. The number of methoxy groups -OCH3 is 1. The Balaban J connectivity index is 0.00000320. The molecule has 1 aromatic heterocycles. The molecule has 3 heterocycles. The summed E-state index contributed by atoms with van der Waals surface area (Å²) in [6, 6.07) is -0.922. The minimum atomic E-state index is -1.46. The fraction of sp³-hybridized carbons (Fsp3) is 0.438. The van der Waals surface area contributed by atoms with Crippen molar-refractivity contribution in [2.45, 2.75) is 18.3 Å². The molecule has 156 valence electrons. The average molecular weight is 463 g/mol. The summed E-state index contributed by atoms with van der Waals surface area (Å²) in [5.74, 6) is -2.36. The van der Waals surface area contributed by atoms with Crippen LogP contribution in [0.2, 0.25) is 0 Å². The number of nitrogens with one attached hydrogen (secondary N) is 1. The van der Waals surface area contributed by atoms with Gasteiger partial charge in [-0.2, -0.15) is 0 Å². The van der Waals surface area contributed by atoms with Crippen LogP contribution < -0.4 is 45.7 Å². The summed E-state index contributed by atoms with van der Waals surface area (Å²) in [6.45, 7) is 2.00. The molecule has 0 radical (unpaired) electrons. The van der Waals surface area contributed by atoms with Crippen LogP contribution in [0.5, 0.6) is 0 Å². The monoisotopic (exact) mass is 463 g/mol.